The molecular weight excluding hydrogens is 355 g/mol. The van der Waals surface area contributed by atoms with Crippen LogP contribution in [-0.2, 0) is 11.3 Å². The molecule has 3 aromatic rings. The molecule has 8 nitrogen and oxygen atoms in total. The quantitative estimate of drug-likeness (QED) is 0.550. The summed E-state index contributed by atoms with van der Waals surface area (Å²) in [5.74, 6) is -0.956. The van der Waals surface area contributed by atoms with Crippen molar-refractivity contribution in [1.29, 1.82) is 0 Å². The molecule has 0 aliphatic rings. The van der Waals surface area contributed by atoms with Gasteiger partial charge in [-0.25, -0.2) is 9.07 Å². The van der Waals surface area contributed by atoms with Gasteiger partial charge in [0.1, 0.15) is 12.4 Å². The number of benzene rings is 2. The second kappa shape index (κ2) is 7.56. The summed E-state index contributed by atoms with van der Waals surface area (Å²) in [6.07, 6.45) is 0. The van der Waals surface area contributed by atoms with E-state index >= 15 is 0 Å². The monoisotopic (exact) mass is 368 g/mol. The molecule has 0 unspecified atom stereocenters. The number of halogens is 1. The van der Waals surface area contributed by atoms with Crippen LogP contribution >= 0.6 is 0 Å². The van der Waals surface area contributed by atoms with E-state index in [1.54, 1.807) is 6.07 Å². The van der Waals surface area contributed by atoms with Crippen molar-refractivity contribution >= 4 is 17.3 Å². The van der Waals surface area contributed by atoms with E-state index in [2.05, 4.69) is 10.4 Å². The van der Waals surface area contributed by atoms with E-state index in [1.807, 2.05) is 0 Å². The molecule has 1 heterocycles. The Morgan fingerprint density at radius 3 is 2.59 bits per heavy atom. The molecule has 0 fully saturated rings. The molecular formula is C18H13FN4O4. The summed E-state index contributed by atoms with van der Waals surface area (Å²) in [7, 11) is 0. The molecule has 0 atom stereocenters. The number of amides is 1. The summed E-state index contributed by atoms with van der Waals surface area (Å²) in [4.78, 5) is 34.5. The second-order valence-corrected chi connectivity index (χ2v) is 5.58. The highest BCUT2D eigenvalue weighted by Crippen LogP contribution is 2.21. The van der Waals surface area contributed by atoms with E-state index in [0.29, 0.717) is 16.9 Å². The first-order valence-corrected chi connectivity index (χ1v) is 7.81. The molecule has 0 saturated heterocycles. The number of hydrogen-bond acceptors (Lipinski definition) is 5. The van der Waals surface area contributed by atoms with Crippen molar-refractivity contribution in [3.05, 3.63) is 86.9 Å². The van der Waals surface area contributed by atoms with Gasteiger partial charge in [-0.05, 0) is 30.3 Å². The number of anilines is 1. The zero-order valence-corrected chi connectivity index (χ0v) is 13.8. The number of rotatable bonds is 5. The standard InChI is InChI=1S/C18H13FN4O4/c19-13-4-6-14(7-5-13)20-17(24)11-22-18(25)9-8-16(21-22)12-2-1-3-15(10-12)23(26)27/h1-10H,11H2,(H,20,24). The molecule has 1 aromatic heterocycles. The lowest BCUT2D eigenvalue weighted by molar-refractivity contribution is -0.384. The largest absolute Gasteiger partial charge is 0.324 e. The van der Waals surface area contributed by atoms with Crippen molar-refractivity contribution in [3.8, 4) is 11.3 Å². The third-order valence-electron chi connectivity index (χ3n) is 3.64. The first-order chi connectivity index (χ1) is 12.9. The summed E-state index contributed by atoms with van der Waals surface area (Å²) < 4.78 is 13.8. The van der Waals surface area contributed by atoms with Crippen LogP contribution in [-0.4, -0.2) is 20.6 Å². The van der Waals surface area contributed by atoms with Gasteiger partial charge in [0.05, 0.1) is 10.6 Å². The number of hydrogen-bond donors (Lipinski definition) is 1. The van der Waals surface area contributed by atoms with Gasteiger partial charge in [-0.3, -0.25) is 19.7 Å². The Kier molecular flexibility index (Phi) is 5.02. The topological polar surface area (TPSA) is 107 Å². The molecule has 136 valence electrons. The fraction of sp³-hybridized carbons (Fsp3) is 0.0556. The molecule has 1 N–H and O–H groups in total. The normalized spacial score (nSPS) is 10.4. The summed E-state index contributed by atoms with van der Waals surface area (Å²) in [5, 5.41) is 17.5. The molecule has 3 rings (SSSR count). The van der Waals surface area contributed by atoms with Crippen molar-refractivity contribution in [3.63, 3.8) is 0 Å². The van der Waals surface area contributed by atoms with Gasteiger partial charge in [0.2, 0.25) is 5.91 Å². The van der Waals surface area contributed by atoms with E-state index in [1.165, 1.54) is 54.6 Å². The van der Waals surface area contributed by atoms with Crippen LogP contribution in [0.4, 0.5) is 15.8 Å². The highest BCUT2D eigenvalue weighted by molar-refractivity contribution is 5.90. The molecule has 0 spiro atoms. The molecule has 0 radical (unpaired) electrons. The van der Waals surface area contributed by atoms with E-state index in [4.69, 9.17) is 0 Å². The maximum atomic E-state index is 12.9. The van der Waals surface area contributed by atoms with Gasteiger partial charge in [-0.2, -0.15) is 5.10 Å². The predicted octanol–water partition coefficient (Wildman–Crippen LogP) is 2.60. The van der Waals surface area contributed by atoms with Crippen LogP contribution in [0, 0.1) is 15.9 Å². The average Bonchev–Trinajstić information content (AvgIpc) is 2.65. The van der Waals surface area contributed by atoms with E-state index in [-0.39, 0.29) is 12.2 Å². The fourth-order valence-electron chi connectivity index (χ4n) is 2.36. The van der Waals surface area contributed by atoms with Gasteiger partial charge in [0.15, 0.2) is 0 Å². The van der Waals surface area contributed by atoms with Crippen LogP contribution in [0.25, 0.3) is 11.3 Å². The van der Waals surface area contributed by atoms with E-state index < -0.39 is 22.2 Å². The maximum Gasteiger partial charge on any atom is 0.270 e. The predicted molar refractivity (Wildman–Crippen MR) is 95.6 cm³/mol. The first-order valence-electron chi connectivity index (χ1n) is 7.81. The van der Waals surface area contributed by atoms with E-state index in [9.17, 15) is 24.1 Å². The van der Waals surface area contributed by atoms with Crippen LogP contribution in [0.2, 0.25) is 0 Å². The van der Waals surface area contributed by atoms with Crippen molar-refractivity contribution in [2.45, 2.75) is 6.54 Å². The third kappa shape index (κ3) is 4.40. The zero-order valence-electron chi connectivity index (χ0n) is 13.8. The van der Waals surface area contributed by atoms with Crippen LogP contribution in [0.15, 0.2) is 65.5 Å². The number of nitro groups is 1. The minimum atomic E-state index is -0.532. The Balaban J connectivity index is 1.82. The fourth-order valence-corrected chi connectivity index (χ4v) is 2.36. The summed E-state index contributed by atoms with van der Waals surface area (Å²) in [6.45, 7) is -0.362. The molecule has 0 aliphatic heterocycles. The van der Waals surface area contributed by atoms with Crippen LogP contribution in [0.5, 0.6) is 0 Å². The molecule has 27 heavy (non-hydrogen) atoms. The molecule has 0 saturated carbocycles. The first kappa shape index (κ1) is 17.9. The molecule has 1 amide bonds. The molecule has 0 aliphatic carbocycles. The highest BCUT2D eigenvalue weighted by atomic mass is 19.1. The summed E-state index contributed by atoms with van der Waals surface area (Å²) >= 11 is 0. The number of carbonyl (C=O) groups is 1. The lowest BCUT2D eigenvalue weighted by Crippen LogP contribution is -2.29. The van der Waals surface area contributed by atoms with Gasteiger partial charge in [-0.1, -0.05) is 12.1 Å². The molecule has 9 heteroatoms. The van der Waals surface area contributed by atoms with Crippen molar-refractivity contribution in [1.82, 2.24) is 9.78 Å². The Labute approximate surface area is 152 Å². The van der Waals surface area contributed by atoms with Crippen LogP contribution < -0.4 is 10.9 Å². The highest BCUT2D eigenvalue weighted by Gasteiger charge is 2.11. The van der Waals surface area contributed by atoms with Crippen molar-refractivity contribution in [2.75, 3.05) is 5.32 Å². The minimum absolute atomic E-state index is 0.110. The van der Waals surface area contributed by atoms with Crippen LogP contribution in [0.3, 0.4) is 0 Å². The summed E-state index contributed by atoms with van der Waals surface area (Å²) in [6, 6.07) is 13.6. The number of non-ortho nitro benzene ring substituents is 1. The van der Waals surface area contributed by atoms with Gasteiger partial charge in [0, 0.05) is 29.4 Å². The molecule has 2 aromatic carbocycles. The Bertz CT molecular complexity index is 1060. The van der Waals surface area contributed by atoms with Crippen molar-refractivity contribution in [2.24, 2.45) is 0 Å². The van der Waals surface area contributed by atoms with Crippen LogP contribution in [0.1, 0.15) is 0 Å². The molecule has 0 bridgehead atoms. The zero-order chi connectivity index (χ0) is 19.4. The van der Waals surface area contributed by atoms with Crippen molar-refractivity contribution < 1.29 is 14.1 Å². The van der Waals surface area contributed by atoms with Gasteiger partial charge < -0.3 is 5.32 Å². The number of carbonyl (C=O) groups excluding carboxylic acids is 1. The lowest BCUT2D eigenvalue weighted by Gasteiger charge is -2.08. The number of aromatic nitrogens is 2. The Morgan fingerprint density at radius 2 is 1.89 bits per heavy atom. The Hall–Kier alpha value is -3.88. The number of nitrogens with zero attached hydrogens (tertiary/aromatic N) is 3. The average molecular weight is 368 g/mol. The number of nitro benzene ring substituents is 1. The Morgan fingerprint density at radius 1 is 1.15 bits per heavy atom. The third-order valence-corrected chi connectivity index (χ3v) is 3.64. The smallest absolute Gasteiger partial charge is 0.270 e. The lowest BCUT2D eigenvalue weighted by atomic mass is 10.1. The SMILES string of the molecule is O=C(Cn1nc(-c2cccc([N+](=O)[O-])c2)ccc1=O)Nc1ccc(F)cc1. The van der Waals surface area contributed by atoms with E-state index in [0.717, 1.165) is 4.68 Å². The van der Waals surface area contributed by atoms with Gasteiger partial charge in [0.25, 0.3) is 11.2 Å². The maximum absolute atomic E-state index is 12.9. The number of nitrogens with one attached hydrogen (secondary N) is 1. The minimum Gasteiger partial charge on any atom is -0.324 e. The second-order valence-electron chi connectivity index (χ2n) is 5.58. The van der Waals surface area contributed by atoms with Gasteiger partial charge >= 0.3 is 0 Å². The van der Waals surface area contributed by atoms with Gasteiger partial charge in [-0.15, -0.1) is 0 Å². The summed E-state index contributed by atoms with van der Waals surface area (Å²) in [5.41, 5.74) is 0.522.